The SMILES string of the molecule is CCOC(=O)C(C)(Cc1cc2ccccc2s1)OCC. The molecule has 1 aromatic heterocycles. The van der Waals surface area contributed by atoms with E-state index in [0.29, 0.717) is 19.6 Å². The van der Waals surface area contributed by atoms with E-state index >= 15 is 0 Å². The van der Waals surface area contributed by atoms with Crippen LogP contribution >= 0.6 is 11.3 Å². The maximum absolute atomic E-state index is 12.1. The van der Waals surface area contributed by atoms with Crippen LogP contribution in [-0.2, 0) is 20.7 Å². The fourth-order valence-corrected chi connectivity index (χ4v) is 3.45. The normalized spacial score (nSPS) is 14.2. The molecule has 1 unspecified atom stereocenters. The molecule has 4 heteroatoms. The van der Waals surface area contributed by atoms with Crippen LogP contribution in [0.3, 0.4) is 0 Å². The summed E-state index contributed by atoms with van der Waals surface area (Å²) in [5, 5.41) is 1.20. The topological polar surface area (TPSA) is 35.5 Å². The predicted molar refractivity (Wildman–Crippen MR) is 82.2 cm³/mol. The summed E-state index contributed by atoms with van der Waals surface area (Å²) in [4.78, 5) is 13.3. The van der Waals surface area contributed by atoms with Crippen LogP contribution in [0.2, 0.25) is 0 Å². The third-order valence-corrected chi connectivity index (χ3v) is 4.27. The van der Waals surface area contributed by atoms with Crippen LogP contribution in [0.15, 0.2) is 30.3 Å². The van der Waals surface area contributed by atoms with Gasteiger partial charge in [0.15, 0.2) is 5.60 Å². The van der Waals surface area contributed by atoms with E-state index in [9.17, 15) is 4.79 Å². The Bertz CT molecular complexity index is 557. The first-order valence-corrected chi connectivity index (χ1v) is 7.69. The molecule has 0 saturated heterocycles. The second-order valence-electron chi connectivity index (χ2n) is 4.81. The smallest absolute Gasteiger partial charge is 0.338 e. The minimum Gasteiger partial charge on any atom is -0.464 e. The molecule has 0 radical (unpaired) electrons. The van der Waals surface area contributed by atoms with Crippen molar-refractivity contribution in [3.05, 3.63) is 35.2 Å². The van der Waals surface area contributed by atoms with Crippen molar-refractivity contribution in [2.45, 2.75) is 32.8 Å². The highest BCUT2D eigenvalue weighted by Crippen LogP contribution is 2.30. The number of carbonyl (C=O) groups excluding carboxylic acids is 1. The van der Waals surface area contributed by atoms with Crippen LogP contribution in [0.5, 0.6) is 0 Å². The van der Waals surface area contributed by atoms with E-state index in [1.807, 2.05) is 26.0 Å². The maximum atomic E-state index is 12.1. The molecule has 0 aliphatic heterocycles. The van der Waals surface area contributed by atoms with E-state index in [-0.39, 0.29) is 5.97 Å². The summed E-state index contributed by atoms with van der Waals surface area (Å²) < 4.78 is 12.0. The van der Waals surface area contributed by atoms with E-state index < -0.39 is 5.60 Å². The number of hydrogen-bond acceptors (Lipinski definition) is 4. The van der Waals surface area contributed by atoms with Crippen molar-refractivity contribution in [3.8, 4) is 0 Å². The highest BCUT2D eigenvalue weighted by Gasteiger charge is 2.36. The van der Waals surface area contributed by atoms with Crippen LogP contribution in [0, 0.1) is 0 Å². The Morgan fingerprint density at radius 1 is 1.25 bits per heavy atom. The van der Waals surface area contributed by atoms with E-state index in [1.54, 1.807) is 18.3 Å². The Hall–Kier alpha value is -1.39. The molecule has 0 saturated carbocycles. The zero-order valence-corrected chi connectivity index (χ0v) is 13.0. The maximum Gasteiger partial charge on any atom is 0.338 e. The van der Waals surface area contributed by atoms with Crippen LogP contribution in [-0.4, -0.2) is 24.8 Å². The van der Waals surface area contributed by atoms with Gasteiger partial charge in [-0.2, -0.15) is 0 Å². The largest absolute Gasteiger partial charge is 0.464 e. The molecular formula is C16H20O3S. The molecule has 0 fully saturated rings. The van der Waals surface area contributed by atoms with E-state index in [1.165, 1.54) is 10.1 Å². The summed E-state index contributed by atoms with van der Waals surface area (Å²) in [5.41, 5.74) is -0.911. The molecule has 1 heterocycles. The molecule has 2 aromatic rings. The fourth-order valence-electron chi connectivity index (χ4n) is 2.24. The standard InChI is InChI=1S/C16H20O3S/c1-4-18-15(17)16(3,19-5-2)11-13-10-12-8-6-7-9-14(12)20-13/h6-10H,4-5,11H2,1-3H3. The van der Waals surface area contributed by atoms with Crippen molar-refractivity contribution in [3.63, 3.8) is 0 Å². The number of fused-ring (bicyclic) bond motifs is 1. The Labute approximate surface area is 123 Å². The number of hydrogen-bond donors (Lipinski definition) is 0. The van der Waals surface area contributed by atoms with Gasteiger partial charge in [0.1, 0.15) is 0 Å². The second kappa shape index (κ2) is 6.37. The summed E-state index contributed by atoms with van der Waals surface area (Å²) >= 11 is 1.70. The fraction of sp³-hybridized carbons (Fsp3) is 0.438. The first kappa shape index (κ1) is 15.0. The van der Waals surface area contributed by atoms with Gasteiger partial charge in [-0.15, -0.1) is 11.3 Å². The van der Waals surface area contributed by atoms with E-state index in [4.69, 9.17) is 9.47 Å². The molecule has 0 aliphatic rings. The number of carbonyl (C=O) groups is 1. The van der Waals surface area contributed by atoms with Gasteiger partial charge in [-0.1, -0.05) is 18.2 Å². The molecule has 108 valence electrons. The van der Waals surface area contributed by atoms with Crippen molar-refractivity contribution in [1.29, 1.82) is 0 Å². The van der Waals surface area contributed by atoms with Gasteiger partial charge in [0, 0.05) is 22.6 Å². The minimum atomic E-state index is -0.911. The Morgan fingerprint density at radius 2 is 2.00 bits per heavy atom. The van der Waals surface area contributed by atoms with E-state index in [0.717, 1.165) is 4.88 Å². The Balaban J connectivity index is 2.24. The van der Waals surface area contributed by atoms with Gasteiger partial charge in [0.25, 0.3) is 0 Å². The van der Waals surface area contributed by atoms with Gasteiger partial charge >= 0.3 is 5.97 Å². The van der Waals surface area contributed by atoms with Gasteiger partial charge in [-0.3, -0.25) is 0 Å². The van der Waals surface area contributed by atoms with E-state index in [2.05, 4.69) is 18.2 Å². The number of esters is 1. The molecule has 20 heavy (non-hydrogen) atoms. The first-order valence-electron chi connectivity index (χ1n) is 6.87. The number of thiophene rings is 1. The molecule has 0 amide bonds. The molecule has 2 rings (SSSR count). The van der Waals surface area contributed by atoms with Crippen molar-refractivity contribution in [1.82, 2.24) is 0 Å². The van der Waals surface area contributed by atoms with Crippen molar-refractivity contribution < 1.29 is 14.3 Å². The highest BCUT2D eigenvalue weighted by atomic mass is 32.1. The Morgan fingerprint density at radius 3 is 2.65 bits per heavy atom. The lowest BCUT2D eigenvalue weighted by molar-refractivity contribution is -0.169. The number of rotatable bonds is 6. The quantitative estimate of drug-likeness (QED) is 0.760. The third-order valence-electron chi connectivity index (χ3n) is 3.16. The van der Waals surface area contributed by atoms with Gasteiger partial charge < -0.3 is 9.47 Å². The lowest BCUT2D eigenvalue weighted by atomic mass is 10.0. The molecule has 0 aliphatic carbocycles. The summed E-state index contributed by atoms with van der Waals surface area (Å²) in [6, 6.07) is 10.3. The predicted octanol–water partition coefficient (Wildman–Crippen LogP) is 3.80. The average molecular weight is 292 g/mol. The monoisotopic (exact) mass is 292 g/mol. The third kappa shape index (κ3) is 3.19. The number of benzene rings is 1. The van der Waals surface area contributed by atoms with Gasteiger partial charge in [-0.05, 0) is 38.3 Å². The van der Waals surface area contributed by atoms with Crippen LogP contribution in [0.25, 0.3) is 10.1 Å². The molecular weight excluding hydrogens is 272 g/mol. The summed E-state index contributed by atoms with van der Waals surface area (Å²) in [6.07, 6.45) is 0.541. The van der Waals surface area contributed by atoms with Crippen LogP contribution in [0.1, 0.15) is 25.6 Å². The zero-order valence-electron chi connectivity index (χ0n) is 12.1. The summed E-state index contributed by atoms with van der Waals surface area (Å²) in [7, 11) is 0. The Kier molecular flexibility index (Phi) is 4.78. The van der Waals surface area contributed by atoms with Crippen molar-refractivity contribution in [2.75, 3.05) is 13.2 Å². The first-order chi connectivity index (χ1) is 9.59. The van der Waals surface area contributed by atoms with Crippen molar-refractivity contribution >= 4 is 27.4 Å². The highest BCUT2D eigenvalue weighted by molar-refractivity contribution is 7.19. The van der Waals surface area contributed by atoms with Crippen LogP contribution in [0.4, 0.5) is 0 Å². The number of ether oxygens (including phenoxy) is 2. The molecule has 0 spiro atoms. The summed E-state index contributed by atoms with van der Waals surface area (Å²) in [5.74, 6) is -0.292. The summed E-state index contributed by atoms with van der Waals surface area (Å²) in [6.45, 7) is 6.36. The van der Waals surface area contributed by atoms with Crippen molar-refractivity contribution in [2.24, 2.45) is 0 Å². The zero-order chi connectivity index (χ0) is 14.6. The second-order valence-corrected chi connectivity index (χ2v) is 5.98. The van der Waals surface area contributed by atoms with Gasteiger partial charge in [0.05, 0.1) is 6.61 Å². The molecule has 3 nitrogen and oxygen atoms in total. The van der Waals surface area contributed by atoms with Gasteiger partial charge in [-0.25, -0.2) is 4.79 Å². The lowest BCUT2D eigenvalue weighted by Crippen LogP contribution is -2.42. The lowest BCUT2D eigenvalue weighted by Gasteiger charge is -2.26. The molecule has 0 bridgehead atoms. The minimum absolute atomic E-state index is 0.292. The molecule has 1 aromatic carbocycles. The van der Waals surface area contributed by atoms with Crippen LogP contribution < -0.4 is 0 Å². The molecule has 0 N–H and O–H groups in total. The molecule has 1 atom stereocenters. The van der Waals surface area contributed by atoms with Gasteiger partial charge in [0.2, 0.25) is 0 Å². The average Bonchev–Trinajstić information content (AvgIpc) is 2.81.